The van der Waals surface area contributed by atoms with E-state index in [0.29, 0.717) is 0 Å². The molecule has 0 radical (unpaired) electrons. The summed E-state index contributed by atoms with van der Waals surface area (Å²) < 4.78 is 13.1. The lowest BCUT2D eigenvalue weighted by molar-refractivity contribution is 0.00578. The van der Waals surface area contributed by atoms with Crippen LogP contribution in [0.1, 0.15) is 46.6 Å². The number of halogens is 1. The summed E-state index contributed by atoms with van der Waals surface area (Å²) in [4.78, 5) is 4.44. The van der Waals surface area contributed by atoms with Crippen LogP contribution in [0.3, 0.4) is 0 Å². The van der Waals surface area contributed by atoms with Crippen LogP contribution in [0.2, 0.25) is 0 Å². The normalized spacial score (nSPS) is 20.8. The molecule has 0 saturated carbocycles. The Balaban J connectivity index is 2.27. The summed E-state index contributed by atoms with van der Waals surface area (Å²) in [6, 6.07) is 2.08. The zero-order valence-electron chi connectivity index (χ0n) is 12.3. The fraction of sp³-hybridized carbons (Fsp3) is 0.643. The summed E-state index contributed by atoms with van der Waals surface area (Å²) >= 11 is 3.54. The molecule has 0 aliphatic carbocycles. The maximum atomic E-state index is 6.02. The summed E-state index contributed by atoms with van der Waals surface area (Å²) in [5, 5.41) is 0. The molecule has 104 valence electrons. The topological polar surface area (TPSA) is 31.4 Å². The molecule has 0 N–H and O–H groups in total. The Morgan fingerprint density at radius 3 is 2.32 bits per heavy atom. The third kappa shape index (κ3) is 2.88. The quantitative estimate of drug-likeness (QED) is 0.800. The minimum absolute atomic E-state index is 0.322. The molecule has 0 amide bonds. The lowest BCUT2D eigenvalue weighted by Gasteiger charge is -2.32. The fourth-order valence-electron chi connectivity index (χ4n) is 2.05. The highest BCUT2D eigenvalue weighted by molar-refractivity contribution is 9.10. The van der Waals surface area contributed by atoms with Crippen LogP contribution < -0.4 is 5.59 Å². The number of nitrogens with zero attached hydrogens (tertiary/aromatic N) is 1. The maximum Gasteiger partial charge on any atom is 0.514 e. The van der Waals surface area contributed by atoms with Gasteiger partial charge in [0.1, 0.15) is 0 Å². The van der Waals surface area contributed by atoms with Gasteiger partial charge in [-0.1, -0.05) is 13.3 Å². The van der Waals surface area contributed by atoms with Crippen molar-refractivity contribution in [1.82, 2.24) is 4.98 Å². The molecule has 5 heteroatoms. The molecule has 0 atom stereocenters. The van der Waals surface area contributed by atoms with Gasteiger partial charge < -0.3 is 9.31 Å². The van der Waals surface area contributed by atoms with Crippen LogP contribution in [-0.4, -0.2) is 23.3 Å². The van der Waals surface area contributed by atoms with Gasteiger partial charge in [0, 0.05) is 10.7 Å². The minimum Gasteiger partial charge on any atom is -0.398 e. The van der Waals surface area contributed by atoms with Gasteiger partial charge in [-0.3, -0.25) is 4.98 Å². The minimum atomic E-state index is -0.381. The molecule has 0 spiro atoms. The highest BCUT2D eigenvalue weighted by Gasteiger charge is 2.52. The van der Waals surface area contributed by atoms with Gasteiger partial charge in [-0.25, -0.2) is 0 Å². The molecule has 1 aromatic heterocycles. The molecule has 3 nitrogen and oxygen atoms in total. The lowest BCUT2D eigenvalue weighted by Crippen LogP contribution is -2.41. The van der Waals surface area contributed by atoms with Gasteiger partial charge in [0.25, 0.3) is 0 Å². The molecule has 1 fully saturated rings. The van der Waals surface area contributed by atoms with Gasteiger partial charge in [-0.05, 0) is 61.7 Å². The Kier molecular flexibility index (Phi) is 4.10. The molecule has 19 heavy (non-hydrogen) atoms. The van der Waals surface area contributed by atoms with E-state index in [1.807, 2.05) is 6.20 Å². The van der Waals surface area contributed by atoms with Crippen molar-refractivity contribution < 1.29 is 9.31 Å². The van der Waals surface area contributed by atoms with Gasteiger partial charge in [-0.2, -0.15) is 0 Å². The molecule has 1 saturated heterocycles. The third-order valence-electron chi connectivity index (χ3n) is 3.97. The van der Waals surface area contributed by atoms with Crippen molar-refractivity contribution >= 4 is 28.6 Å². The molecule has 0 unspecified atom stereocenters. The summed E-state index contributed by atoms with van der Waals surface area (Å²) in [5.41, 5.74) is 1.46. The average molecular weight is 326 g/mol. The number of aromatic nitrogens is 1. The Bertz CT molecular complexity index is 461. The summed E-state index contributed by atoms with van der Waals surface area (Å²) in [5.74, 6) is 0. The summed E-state index contributed by atoms with van der Waals surface area (Å²) in [6.07, 6.45) is 3.96. The molecular weight excluding hydrogens is 305 g/mol. The van der Waals surface area contributed by atoms with Gasteiger partial charge in [0.05, 0.1) is 16.8 Å². The Morgan fingerprint density at radius 2 is 1.79 bits per heavy atom. The van der Waals surface area contributed by atoms with E-state index < -0.39 is 0 Å². The first-order valence-corrected chi connectivity index (χ1v) is 7.56. The van der Waals surface area contributed by atoms with E-state index in [4.69, 9.17) is 9.31 Å². The van der Waals surface area contributed by atoms with E-state index in [0.717, 1.165) is 22.9 Å². The molecule has 1 aromatic rings. The zero-order valence-corrected chi connectivity index (χ0v) is 13.9. The molecule has 0 bridgehead atoms. The third-order valence-corrected chi connectivity index (χ3v) is 4.68. The van der Waals surface area contributed by atoms with Gasteiger partial charge >= 0.3 is 7.12 Å². The molecule has 1 aliphatic heterocycles. The van der Waals surface area contributed by atoms with Crippen molar-refractivity contribution in [2.24, 2.45) is 0 Å². The lowest BCUT2D eigenvalue weighted by atomic mass is 9.83. The summed E-state index contributed by atoms with van der Waals surface area (Å²) in [7, 11) is -0.381. The van der Waals surface area contributed by atoms with E-state index in [2.05, 4.69) is 61.6 Å². The van der Waals surface area contributed by atoms with Crippen molar-refractivity contribution in [3.05, 3.63) is 22.3 Å². The van der Waals surface area contributed by atoms with E-state index in [9.17, 15) is 0 Å². The van der Waals surface area contributed by atoms with Crippen molar-refractivity contribution in [2.75, 3.05) is 0 Å². The predicted molar refractivity (Wildman–Crippen MR) is 81.6 cm³/mol. The predicted octanol–water partition coefficient (Wildman–Crippen LogP) is 3.10. The highest BCUT2D eigenvalue weighted by Crippen LogP contribution is 2.36. The number of hydrogen-bond acceptors (Lipinski definition) is 3. The molecule has 0 aromatic carbocycles. The van der Waals surface area contributed by atoms with E-state index in [1.165, 1.54) is 5.56 Å². The van der Waals surface area contributed by atoms with Crippen LogP contribution >= 0.6 is 15.9 Å². The van der Waals surface area contributed by atoms with Crippen molar-refractivity contribution in [2.45, 2.75) is 58.7 Å². The van der Waals surface area contributed by atoms with E-state index in [-0.39, 0.29) is 18.3 Å². The first kappa shape index (κ1) is 15.0. The van der Waals surface area contributed by atoms with Crippen LogP contribution in [0.25, 0.3) is 0 Å². The number of hydrogen-bond donors (Lipinski definition) is 0. The van der Waals surface area contributed by atoms with Crippen LogP contribution in [0.4, 0.5) is 0 Å². The first-order valence-electron chi connectivity index (χ1n) is 6.77. The van der Waals surface area contributed by atoms with Crippen molar-refractivity contribution in [3.8, 4) is 0 Å². The fourth-order valence-corrected chi connectivity index (χ4v) is 2.47. The molecule has 2 heterocycles. The largest absolute Gasteiger partial charge is 0.514 e. The second kappa shape index (κ2) is 5.19. The van der Waals surface area contributed by atoms with Crippen LogP contribution in [0.5, 0.6) is 0 Å². The van der Waals surface area contributed by atoms with Gasteiger partial charge in [0.15, 0.2) is 0 Å². The van der Waals surface area contributed by atoms with Crippen molar-refractivity contribution in [3.63, 3.8) is 0 Å². The molecule has 1 aliphatic rings. The first-order chi connectivity index (χ1) is 8.77. The Labute approximate surface area is 124 Å². The van der Waals surface area contributed by atoms with Crippen LogP contribution in [0.15, 0.2) is 16.7 Å². The smallest absolute Gasteiger partial charge is 0.398 e. The molecule has 2 rings (SSSR count). The van der Waals surface area contributed by atoms with Crippen LogP contribution in [-0.2, 0) is 15.7 Å². The van der Waals surface area contributed by atoms with Gasteiger partial charge in [0.2, 0.25) is 0 Å². The SMILES string of the molecule is CCCc1cc(B2OC(C)(C)C(C)(C)O2)ncc1Br. The Morgan fingerprint density at radius 1 is 1.21 bits per heavy atom. The van der Waals surface area contributed by atoms with E-state index in [1.54, 1.807) is 0 Å². The average Bonchev–Trinajstić information content (AvgIpc) is 2.51. The molecular formula is C14H21BBrNO2. The zero-order chi connectivity index (χ0) is 14.3. The van der Waals surface area contributed by atoms with Crippen molar-refractivity contribution in [1.29, 1.82) is 0 Å². The van der Waals surface area contributed by atoms with Crippen LogP contribution in [0, 0.1) is 0 Å². The second-order valence-corrected chi connectivity index (χ2v) is 6.89. The second-order valence-electron chi connectivity index (χ2n) is 6.04. The monoisotopic (exact) mass is 325 g/mol. The Hall–Kier alpha value is -0.385. The number of aryl methyl sites for hydroxylation is 1. The van der Waals surface area contributed by atoms with E-state index >= 15 is 0 Å². The highest BCUT2D eigenvalue weighted by atomic mass is 79.9. The standard InChI is InChI=1S/C14H21BBrNO2/c1-6-7-10-8-12(17-9-11(10)16)15-18-13(2,3)14(4,5)19-15/h8-9H,6-7H2,1-5H3. The van der Waals surface area contributed by atoms with Gasteiger partial charge in [-0.15, -0.1) is 0 Å². The maximum absolute atomic E-state index is 6.02. The summed E-state index contributed by atoms with van der Waals surface area (Å²) in [6.45, 7) is 10.4. The number of rotatable bonds is 3. The number of pyridine rings is 1.